The van der Waals surface area contributed by atoms with Gasteiger partial charge >= 0.3 is 0 Å². The van der Waals surface area contributed by atoms with Gasteiger partial charge in [0, 0.05) is 18.7 Å². The minimum Gasteiger partial charge on any atom is -0.241 e. The minimum absolute atomic E-state index is 0.754. The Morgan fingerprint density at radius 1 is 1.27 bits per heavy atom. The minimum atomic E-state index is 0.754. The van der Waals surface area contributed by atoms with Crippen LogP contribution in [0.25, 0.3) is 5.82 Å². The molecule has 0 saturated carbocycles. The van der Waals surface area contributed by atoms with Gasteiger partial charge in [-0.15, -0.1) is 5.10 Å². The van der Waals surface area contributed by atoms with Crippen molar-refractivity contribution in [1.82, 2.24) is 24.7 Å². The van der Waals surface area contributed by atoms with E-state index in [0.717, 1.165) is 29.7 Å². The summed E-state index contributed by atoms with van der Waals surface area (Å²) in [5, 5.41) is 4.27. The Morgan fingerprint density at radius 3 is 2.67 bits per heavy atom. The Morgan fingerprint density at radius 2 is 2.07 bits per heavy atom. The molecule has 0 radical (unpaired) electrons. The summed E-state index contributed by atoms with van der Waals surface area (Å²) in [6.07, 6.45) is 2.57. The van der Waals surface area contributed by atoms with E-state index in [9.17, 15) is 0 Å². The second-order valence-corrected chi connectivity index (χ2v) is 3.30. The third-order valence-electron chi connectivity index (χ3n) is 2.10. The van der Waals surface area contributed by atoms with Crippen molar-refractivity contribution < 1.29 is 0 Å². The van der Waals surface area contributed by atoms with E-state index < -0.39 is 0 Å². The molecule has 0 unspecified atom stereocenters. The molecule has 0 spiro atoms. The molecule has 2 aromatic rings. The van der Waals surface area contributed by atoms with Crippen LogP contribution in [0.2, 0.25) is 0 Å². The van der Waals surface area contributed by atoms with Crippen LogP contribution in [0.4, 0.5) is 0 Å². The highest BCUT2D eigenvalue weighted by atomic mass is 15.4. The number of aromatic nitrogens is 5. The van der Waals surface area contributed by atoms with E-state index in [1.165, 1.54) is 0 Å². The molecule has 2 aromatic heterocycles. The first-order valence-corrected chi connectivity index (χ1v) is 4.93. The maximum atomic E-state index is 4.38. The fourth-order valence-electron chi connectivity index (χ4n) is 1.41. The number of hydrogen-bond donors (Lipinski definition) is 0. The summed E-state index contributed by atoms with van der Waals surface area (Å²) in [5.41, 5.74) is 0. The first-order valence-electron chi connectivity index (χ1n) is 4.93. The van der Waals surface area contributed by atoms with Gasteiger partial charge < -0.3 is 0 Å². The van der Waals surface area contributed by atoms with Crippen LogP contribution in [0.1, 0.15) is 24.4 Å². The third kappa shape index (κ3) is 1.86. The van der Waals surface area contributed by atoms with Gasteiger partial charge in [0.2, 0.25) is 0 Å². The van der Waals surface area contributed by atoms with E-state index in [-0.39, 0.29) is 0 Å². The fraction of sp³-hybridized carbons (Fsp3) is 0.400. The topological polar surface area (TPSA) is 56.5 Å². The molecule has 0 N–H and O–H groups in total. The van der Waals surface area contributed by atoms with Crippen molar-refractivity contribution in [2.75, 3.05) is 0 Å². The zero-order valence-corrected chi connectivity index (χ0v) is 9.10. The van der Waals surface area contributed by atoms with Crippen LogP contribution in [-0.4, -0.2) is 24.7 Å². The Hall–Kier alpha value is -1.78. The molecule has 0 atom stereocenters. The number of aryl methyl sites for hydroxylation is 3. The maximum Gasteiger partial charge on any atom is 0.159 e. The van der Waals surface area contributed by atoms with Crippen LogP contribution >= 0.6 is 0 Å². The highest BCUT2D eigenvalue weighted by Crippen LogP contribution is 2.06. The molecular weight excluding hydrogens is 190 g/mol. The zero-order valence-electron chi connectivity index (χ0n) is 9.10. The Labute approximate surface area is 88.2 Å². The van der Waals surface area contributed by atoms with Crippen molar-refractivity contribution in [2.45, 2.75) is 27.2 Å². The summed E-state index contributed by atoms with van der Waals surface area (Å²) in [5.74, 6) is 3.19. The van der Waals surface area contributed by atoms with Crippen LogP contribution in [0.5, 0.6) is 0 Å². The predicted molar refractivity (Wildman–Crippen MR) is 55.8 cm³/mol. The van der Waals surface area contributed by atoms with Crippen molar-refractivity contribution in [2.24, 2.45) is 0 Å². The van der Waals surface area contributed by atoms with Crippen LogP contribution in [0.15, 0.2) is 12.3 Å². The fourth-order valence-corrected chi connectivity index (χ4v) is 1.41. The Balaban J connectivity index is 2.49. The van der Waals surface area contributed by atoms with Crippen LogP contribution < -0.4 is 0 Å². The van der Waals surface area contributed by atoms with Crippen molar-refractivity contribution in [3.63, 3.8) is 0 Å². The van der Waals surface area contributed by atoms with Gasteiger partial charge in [0.25, 0.3) is 0 Å². The Bertz CT molecular complexity index is 474. The smallest absolute Gasteiger partial charge is 0.159 e. The molecule has 5 heteroatoms. The summed E-state index contributed by atoms with van der Waals surface area (Å²) in [7, 11) is 0. The van der Waals surface area contributed by atoms with Gasteiger partial charge in [0.1, 0.15) is 17.5 Å². The molecule has 0 aliphatic carbocycles. The largest absolute Gasteiger partial charge is 0.241 e. The van der Waals surface area contributed by atoms with E-state index in [1.54, 1.807) is 10.9 Å². The molecule has 78 valence electrons. The van der Waals surface area contributed by atoms with Gasteiger partial charge in [-0.25, -0.2) is 15.0 Å². The quantitative estimate of drug-likeness (QED) is 0.736. The lowest BCUT2D eigenvalue weighted by Gasteiger charge is -2.02. The highest BCUT2D eigenvalue weighted by molar-refractivity contribution is 5.20. The average Bonchev–Trinajstić information content (AvgIpc) is 2.58. The third-order valence-corrected chi connectivity index (χ3v) is 2.10. The van der Waals surface area contributed by atoms with E-state index in [4.69, 9.17) is 0 Å². The van der Waals surface area contributed by atoms with Gasteiger partial charge in [0.15, 0.2) is 5.82 Å². The second kappa shape index (κ2) is 3.76. The average molecular weight is 203 g/mol. The predicted octanol–water partition coefficient (Wildman–Crippen LogP) is 1.24. The summed E-state index contributed by atoms with van der Waals surface area (Å²) in [4.78, 5) is 12.8. The van der Waals surface area contributed by atoms with Crippen molar-refractivity contribution >= 4 is 0 Å². The van der Waals surface area contributed by atoms with E-state index in [2.05, 4.69) is 20.1 Å². The molecule has 5 nitrogen and oxygen atoms in total. The summed E-state index contributed by atoms with van der Waals surface area (Å²) < 4.78 is 1.73. The van der Waals surface area contributed by atoms with Crippen LogP contribution in [0, 0.1) is 13.8 Å². The monoisotopic (exact) mass is 203 g/mol. The van der Waals surface area contributed by atoms with Crippen LogP contribution in [-0.2, 0) is 6.42 Å². The van der Waals surface area contributed by atoms with E-state index in [0.29, 0.717) is 0 Å². The summed E-state index contributed by atoms with van der Waals surface area (Å²) in [6, 6.07) is 1.83. The summed E-state index contributed by atoms with van der Waals surface area (Å²) in [6.45, 7) is 5.80. The molecule has 0 saturated heterocycles. The van der Waals surface area contributed by atoms with Gasteiger partial charge in [-0.2, -0.15) is 4.68 Å². The van der Waals surface area contributed by atoms with E-state index >= 15 is 0 Å². The van der Waals surface area contributed by atoms with Crippen molar-refractivity contribution in [1.29, 1.82) is 0 Å². The molecule has 0 fully saturated rings. The molecule has 0 aliphatic rings. The normalized spacial score (nSPS) is 10.6. The SMILES string of the molecule is CCc1nccc(-n2nc(C)nc2C)n1. The number of nitrogens with zero attached hydrogens (tertiary/aromatic N) is 5. The van der Waals surface area contributed by atoms with Gasteiger partial charge in [0.05, 0.1) is 0 Å². The molecule has 2 rings (SSSR count). The van der Waals surface area contributed by atoms with Crippen LogP contribution in [0.3, 0.4) is 0 Å². The Kier molecular flexibility index (Phi) is 2.45. The van der Waals surface area contributed by atoms with Crippen molar-refractivity contribution in [3.05, 3.63) is 29.7 Å². The van der Waals surface area contributed by atoms with E-state index in [1.807, 2.05) is 26.8 Å². The molecule has 15 heavy (non-hydrogen) atoms. The standard InChI is InChI=1S/C10H13N5/c1-4-9-11-6-5-10(13-9)15-8(3)12-7(2)14-15/h5-6H,4H2,1-3H3. The highest BCUT2D eigenvalue weighted by Gasteiger charge is 2.06. The zero-order chi connectivity index (χ0) is 10.8. The summed E-state index contributed by atoms with van der Waals surface area (Å²) >= 11 is 0. The molecule has 2 heterocycles. The lowest BCUT2D eigenvalue weighted by atomic mass is 10.4. The molecule has 0 amide bonds. The first-order chi connectivity index (χ1) is 7.20. The molecule has 0 aromatic carbocycles. The number of hydrogen-bond acceptors (Lipinski definition) is 4. The van der Waals surface area contributed by atoms with Gasteiger partial charge in [-0.1, -0.05) is 6.92 Å². The van der Waals surface area contributed by atoms with Crippen molar-refractivity contribution in [3.8, 4) is 5.82 Å². The molecular formula is C10H13N5. The molecule has 0 aliphatic heterocycles. The number of rotatable bonds is 2. The first kappa shape index (κ1) is 9.76. The second-order valence-electron chi connectivity index (χ2n) is 3.30. The lowest BCUT2D eigenvalue weighted by molar-refractivity contribution is 0.780. The lowest BCUT2D eigenvalue weighted by Crippen LogP contribution is -2.05. The maximum absolute atomic E-state index is 4.38. The van der Waals surface area contributed by atoms with Gasteiger partial charge in [-0.05, 0) is 13.8 Å². The van der Waals surface area contributed by atoms with Gasteiger partial charge in [-0.3, -0.25) is 0 Å². The molecule has 0 bridgehead atoms.